The van der Waals surface area contributed by atoms with Crippen molar-refractivity contribution in [2.75, 3.05) is 13.2 Å². The molecule has 11 heteroatoms. The number of benzene rings is 1. The van der Waals surface area contributed by atoms with Gasteiger partial charge in [0, 0.05) is 25.5 Å². The number of rotatable bonds is 12. The molecule has 9 nitrogen and oxygen atoms in total. The van der Waals surface area contributed by atoms with Gasteiger partial charge in [0.1, 0.15) is 11.8 Å². The second-order valence-corrected chi connectivity index (χ2v) is 11.4. The number of nitrogens with zero attached hydrogens (tertiary/aromatic N) is 2. The average molecular weight is 556 g/mol. The number of carbonyl (C=O) groups excluding carboxylic acids is 1. The van der Waals surface area contributed by atoms with Crippen LogP contribution in [-0.4, -0.2) is 54.2 Å². The van der Waals surface area contributed by atoms with E-state index >= 15 is 0 Å². The Kier molecular flexibility index (Phi) is 12.3. The van der Waals surface area contributed by atoms with Crippen LogP contribution in [0.3, 0.4) is 0 Å². The lowest BCUT2D eigenvalue weighted by molar-refractivity contribution is -0.136. The molecular formula is C26H38ClN3O6S. The summed E-state index contributed by atoms with van der Waals surface area (Å²) >= 11 is 0. The smallest absolute Gasteiger partial charge is 0.262 e. The third-order valence-corrected chi connectivity index (χ3v) is 8.19. The van der Waals surface area contributed by atoms with Crippen molar-refractivity contribution >= 4 is 28.3 Å². The van der Waals surface area contributed by atoms with Gasteiger partial charge in [-0.1, -0.05) is 13.8 Å². The molecule has 0 radical (unpaired) electrons. The number of pyridine rings is 1. The van der Waals surface area contributed by atoms with Crippen LogP contribution in [-0.2, 0) is 26.1 Å². The molecule has 1 atom stereocenters. The molecule has 2 N–H and O–H groups in total. The Morgan fingerprint density at radius 1 is 1.11 bits per heavy atom. The van der Waals surface area contributed by atoms with Gasteiger partial charge in [-0.15, -0.1) is 12.4 Å². The van der Waals surface area contributed by atoms with E-state index in [0.29, 0.717) is 43.3 Å². The fraction of sp³-hybridized carbons (Fsp3) is 0.538. The number of sulfonamides is 1. The summed E-state index contributed by atoms with van der Waals surface area (Å²) in [6.45, 7) is 7.12. The van der Waals surface area contributed by atoms with Crippen molar-refractivity contribution < 1.29 is 27.9 Å². The number of hydroxylamine groups is 1. The molecule has 1 aliphatic carbocycles. The van der Waals surface area contributed by atoms with Crippen LogP contribution >= 0.6 is 12.4 Å². The normalized spacial score (nSPS) is 18.8. The molecule has 0 bridgehead atoms. The third-order valence-electron chi connectivity index (χ3n) is 6.35. The molecule has 2 aromatic rings. The SMILES string of the molecule is CCOc1ccc(S(=O)(=O)N(Cc2ccncc2)[C@@H](C(=O)NO)C2CCC(OCC(C)C)CC2)cc1.Cl. The van der Waals surface area contributed by atoms with Gasteiger partial charge in [0.2, 0.25) is 10.0 Å². The van der Waals surface area contributed by atoms with Crippen molar-refractivity contribution in [3.63, 3.8) is 0 Å². The Hall–Kier alpha value is -2.24. The monoisotopic (exact) mass is 555 g/mol. The third kappa shape index (κ3) is 8.38. The van der Waals surface area contributed by atoms with Crippen LogP contribution in [0.4, 0.5) is 0 Å². The Morgan fingerprint density at radius 2 is 1.73 bits per heavy atom. The minimum absolute atomic E-state index is 0. The van der Waals surface area contributed by atoms with Crippen molar-refractivity contribution in [3.05, 3.63) is 54.4 Å². The van der Waals surface area contributed by atoms with Crippen molar-refractivity contribution in [2.24, 2.45) is 11.8 Å². The van der Waals surface area contributed by atoms with E-state index in [4.69, 9.17) is 9.47 Å². The van der Waals surface area contributed by atoms with Crippen molar-refractivity contribution in [1.29, 1.82) is 0 Å². The van der Waals surface area contributed by atoms with Gasteiger partial charge in [0.25, 0.3) is 5.91 Å². The summed E-state index contributed by atoms with van der Waals surface area (Å²) in [4.78, 5) is 17.1. The van der Waals surface area contributed by atoms with Crippen LogP contribution in [0.2, 0.25) is 0 Å². The number of hydrogen-bond acceptors (Lipinski definition) is 7. The highest BCUT2D eigenvalue weighted by Gasteiger charge is 2.42. The zero-order valence-electron chi connectivity index (χ0n) is 21.6. The zero-order valence-corrected chi connectivity index (χ0v) is 23.2. The molecular weight excluding hydrogens is 518 g/mol. The van der Waals surface area contributed by atoms with E-state index in [9.17, 15) is 18.4 Å². The molecule has 1 saturated carbocycles. The molecule has 1 aromatic carbocycles. The number of aromatic nitrogens is 1. The van der Waals surface area contributed by atoms with Crippen LogP contribution in [0.25, 0.3) is 0 Å². The fourth-order valence-electron chi connectivity index (χ4n) is 4.56. The molecule has 0 unspecified atom stereocenters. The molecule has 3 rings (SSSR count). The highest BCUT2D eigenvalue weighted by Crippen LogP contribution is 2.34. The molecule has 1 aromatic heterocycles. The van der Waals surface area contributed by atoms with Gasteiger partial charge in [0.05, 0.1) is 17.6 Å². The molecule has 1 amide bonds. The van der Waals surface area contributed by atoms with E-state index in [1.54, 1.807) is 42.1 Å². The number of carbonyl (C=O) groups is 1. The van der Waals surface area contributed by atoms with Gasteiger partial charge in [-0.2, -0.15) is 4.31 Å². The first-order valence-electron chi connectivity index (χ1n) is 12.4. The van der Waals surface area contributed by atoms with Crippen molar-refractivity contribution in [3.8, 4) is 5.75 Å². The lowest BCUT2D eigenvalue weighted by Crippen LogP contribution is -2.53. The Bertz CT molecular complexity index is 1060. The first-order valence-corrected chi connectivity index (χ1v) is 13.9. The Labute approximate surface area is 226 Å². The van der Waals surface area contributed by atoms with Crippen LogP contribution in [0.5, 0.6) is 5.75 Å². The summed E-state index contributed by atoms with van der Waals surface area (Å²) in [5.41, 5.74) is 2.41. The summed E-state index contributed by atoms with van der Waals surface area (Å²) in [6.07, 6.45) is 5.89. The van der Waals surface area contributed by atoms with Crippen LogP contribution in [0.1, 0.15) is 52.0 Å². The standard InChI is InChI=1S/C26H37N3O6S.ClH/c1-4-34-22-9-11-24(12-10-22)36(32,33)29(17-20-13-15-27-16-14-20)25(26(30)28-31)21-5-7-23(8-6-21)35-18-19(2)3;/h9-16,19,21,23,25,31H,4-8,17-18H2,1-3H3,(H,28,30);1H/t21?,23?,25-;/m1./s1. The molecule has 1 heterocycles. The largest absolute Gasteiger partial charge is 0.494 e. The Morgan fingerprint density at radius 3 is 2.27 bits per heavy atom. The number of amides is 1. The van der Waals surface area contributed by atoms with Crippen molar-refractivity contribution in [1.82, 2.24) is 14.8 Å². The maximum Gasteiger partial charge on any atom is 0.262 e. The lowest BCUT2D eigenvalue weighted by atomic mass is 9.82. The number of halogens is 1. The summed E-state index contributed by atoms with van der Waals surface area (Å²) in [6, 6.07) is 8.48. The second-order valence-electron chi connectivity index (χ2n) is 9.50. The summed E-state index contributed by atoms with van der Waals surface area (Å²) in [5.74, 6) is -0.0484. The quantitative estimate of drug-likeness (QED) is 0.297. The minimum atomic E-state index is -4.12. The van der Waals surface area contributed by atoms with E-state index in [1.807, 2.05) is 6.92 Å². The molecule has 0 saturated heterocycles. The van der Waals surface area contributed by atoms with Crippen LogP contribution in [0, 0.1) is 11.8 Å². The maximum atomic E-state index is 13.9. The highest BCUT2D eigenvalue weighted by atomic mass is 35.5. The highest BCUT2D eigenvalue weighted by molar-refractivity contribution is 7.89. The van der Waals surface area contributed by atoms with E-state index < -0.39 is 22.0 Å². The van der Waals surface area contributed by atoms with Gasteiger partial charge in [-0.3, -0.25) is 15.0 Å². The first kappa shape index (κ1) is 31.0. The average Bonchev–Trinajstić information content (AvgIpc) is 2.88. The molecule has 0 aliphatic heterocycles. The van der Waals surface area contributed by atoms with E-state index in [-0.39, 0.29) is 35.9 Å². The molecule has 1 fully saturated rings. The van der Waals surface area contributed by atoms with Gasteiger partial charge in [0.15, 0.2) is 0 Å². The Balaban J connectivity index is 0.00000481. The second kappa shape index (κ2) is 14.6. The van der Waals surface area contributed by atoms with Gasteiger partial charge >= 0.3 is 0 Å². The summed E-state index contributed by atoms with van der Waals surface area (Å²) in [7, 11) is -4.12. The first-order chi connectivity index (χ1) is 17.3. The number of ether oxygens (including phenoxy) is 2. The molecule has 1 aliphatic rings. The lowest BCUT2D eigenvalue weighted by Gasteiger charge is -2.38. The van der Waals surface area contributed by atoms with Gasteiger partial charge in [-0.25, -0.2) is 13.9 Å². The minimum Gasteiger partial charge on any atom is -0.494 e. The molecule has 37 heavy (non-hydrogen) atoms. The van der Waals surface area contributed by atoms with E-state index in [0.717, 1.165) is 12.8 Å². The molecule has 206 valence electrons. The fourth-order valence-corrected chi connectivity index (χ4v) is 6.19. The van der Waals surface area contributed by atoms with Crippen molar-refractivity contribution in [2.45, 2.75) is 70.0 Å². The topological polar surface area (TPSA) is 118 Å². The number of hydrogen-bond donors (Lipinski definition) is 2. The zero-order chi connectivity index (χ0) is 26.1. The summed E-state index contributed by atoms with van der Waals surface area (Å²) < 4.78 is 40.5. The molecule has 0 spiro atoms. The van der Waals surface area contributed by atoms with Crippen LogP contribution in [0.15, 0.2) is 53.7 Å². The van der Waals surface area contributed by atoms with Crippen LogP contribution < -0.4 is 10.2 Å². The van der Waals surface area contributed by atoms with Gasteiger partial charge in [-0.05, 0) is 86.4 Å². The predicted octanol–water partition coefficient (Wildman–Crippen LogP) is 4.20. The van der Waals surface area contributed by atoms with E-state index in [2.05, 4.69) is 18.8 Å². The maximum absolute atomic E-state index is 13.9. The van der Waals surface area contributed by atoms with Gasteiger partial charge < -0.3 is 9.47 Å². The predicted molar refractivity (Wildman–Crippen MR) is 142 cm³/mol. The number of nitrogens with one attached hydrogen (secondary N) is 1. The van der Waals surface area contributed by atoms with E-state index in [1.165, 1.54) is 16.4 Å². The summed E-state index contributed by atoms with van der Waals surface area (Å²) in [5, 5.41) is 9.61.